The molecule has 128 valence electrons. The summed E-state index contributed by atoms with van der Waals surface area (Å²) in [6, 6.07) is 11.7. The Balaban J connectivity index is 1.83. The van der Waals surface area contributed by atoms with Crippen LogP contribution in [-0.4, -0.2) is 31.7 Å². The molecule has 0 saturated heterocycles. The molecule has 0 fully saturated rings. The summed E-state index contributed by atoms with van der Waals surface area (Å²) in [6.45, 7) is 3.11. The number of benzene rings is 1. The van der Waals surface area contributed by atoms with E-state index in [4.69, 9.17) is 15.2 Å². The van der Waals surface area contributed by atoms with E-state index in [1.807, 2.05) is 43.3 Å². The molecule has 0 amide bonds. The van der Waals surface area contributed by atoms with Gasteiger partial charge in [-0.05, 0) is 43.2 Å². The van der Waals surface area contributed by atoms with Gasteiger partial charge in [-0.1, -0.05) is 12.1 Å². The number of hydrogen-bond acceptors (Lipinski definition) is 4. The number of hydrogen-bond donors (Lipinski definition) is 2. The van der Waals surface area contributed by atoms with Crippen molar-refractivity contribution in [3.05, 3.63) is 53.3 Å². The van der Waals surface area contributed by atoms with Gasteiger partial charge >= 0.3 is 0 Å². The Morgan fingerprint density at radius 3 is 2.67 bits per heavy atom. The molecule has 0 atom stereocenters. The Labute approximate surface area is 142 Å². The molecule has 0 bridgehead atoms. The van der Waals surface area contributed by atoms with Crippen LogP contribution in [0.3, 0.4) is 0 Å². The molecule has 0 saturated carbocycles. The second-order valence-corrected chi connectivity index (χ2v) is 5.34. The van der Waals surface area contributed by atoms with Gasteiger partial charge in [-0.25, -0.2) is 4.99 Å². The van der Waals surface area contributed by atoms with E-state index in [0.29, 0.717) is 19.0 Å². The van der Waals surface area contributed by atoms with Crippen LogP contribution in [0.15, 0.2) is 41.4 Å². The van der Waals surface area contributed by atoms with E-state index in [-0.39, 0.29) is 0 Å². The van der Waals surface area contributed by atoms with Crippen LogP contribution in [0.25, 0.3) is 0 Å². The van der Waals surface area contributed by atoms with Gasteiger partial charge in [-0.3, -0.25) is 4.98 Å². The highest BCUT2D eigenvalue weighted by atomic mass is 16.5. The molecular weight excluding hydrogens is 304 g/mol. The Kier molecular flexibility index (Phi) is 6.42. The minimum absolute atomic E-state index is 0.416. The monoisotopic (exact) mass is 328 g/mol. The topological polar surface area (TPSA) is 81.8 Å². The van der Waals surface area contributed by atoms with Crippen LogP contribution in [-0.2, 0) is 13.0 Å². The maximum atomic E-state index is 5.89. The lowest BCUT2D eigenvalue weighted by atomic mass is 10.1. The molecule has 1 aromatic heterocycles. The van der Waals surface area contributed by atoms with Crippen molar-refractivity contribution in [2.24, 2.45) is 10.7 Å². The minimum Gasteiger partial charge on any atom is -0.493 e. The Hall–Kier alpha value is -2.76. The van der Waals surface area contributed by atoms with Crippen LogP contribution in [0.1, 0.15) is 17.0 Å². The van der Waals surface area contributed by atoms with Crippen LogP contribution in [0.2, 0.25) is 0 Å². The lowest BCUT2D eigenvalue weighted by molar-refractivity contribution is 0.354. The van der Waals surface area contributed by atoms with E-state index in [2.05, 4.69) is 15.3 Å². The second kappa shape index (κ2) is 8.76. The Bertz CT molecular complexity index is 701. The number of guanidine groups is 1. The number of aryl methyl sites for hydroxylation is 1. The number of methoxy groups -OCH3 is 2. The van der Waals surface area contributed by atoms with E-state index < -0.39 is 0 Å². The third-order valence-electron chi connectivity index (χ3n) is 3.53. The highest BCUT2D eigenvalue weighted by molar-refractivity contribution is 5.77. The normalized spacial score (nSPS) is 11.2. The lowest BCUT2D eigenvalue weighted by Crippen LogP contribution is -2.33. The van der Waals surface area contributed by atoms with E-state index >= 15 is 0 Å². The molecule has 0 aliphatic rings. The van der Waals surface area contributed by atoms with E-state index in [1.54, 1.807) is 14.2 Å². The second-order valence-electron chi connectivity index (χ2n) is 5.34. The first kappa shape index (κ1) is 17.6. The number of ether oxygens (including phenoxy) is 2. The van der Waals surface area contributed by atoms with Crippen LogP contribution in [0.5, 0.6) is 11.5 Å². The zero-order valence-electron chi connectivity index (χ0n) is 14.4. The van der Waals surface area contributed by atoms with Gasteiger partial charge in [-0.15, -0.1) is 0 Å². The van der Waals surface area contributed by atoms with Crippen molar-refractivity contribution in [2.75, 3.05) is 20.8 Å². The SMILES string of the molecule is COc1ccc(CCNC(N)=NCc2cccc(C)n2)cc1OC. The van der Waals surface area contributed by atoms with Crippen LogP contribution in [0, 0.1) is 6.92 Å². The van der Waals surface area contributed by atoms with Crippen LogP contribution >= 0.6 is 0 Å². The van der Waals surface area contributed by atoms with Gasteiger partial charge in [0.2, 0.25) is 0 Å². The fraction of sp³-hybridized carbons (Fsp3) is 0.333. The van der Waals surface area contributed by atoms with Crippen molar-refractivity contribution in [1.82, 2.24) is 10.3 Å². The van der Waals surface area contributed by atoms with Crippen molar-refractivity contribution in [1.29, 1.82) is 0 Å². The highest BCUT2D eigenvalue weighted by Gasteiger charge is 2.04. The van der Waals surface area contributed by atoms with Crippen molar-refractivity contribution in [2.45, 2.75) is 19.9 Å². The standard InChI is InChI=1S/C18H24N4O2/c1-13-5-4-6-15(22-13)12-21-18(19)20-10-9-14-7-8-16(23-2)17(11-14)24-3/h4-8,11H,9-10,12H2,1-3H3,(H3,19,20,21). The average Bonchev–Trinajstić information content (AvgIpc) is 2.60. The van der Waals surface area contributed by atoms with Gasteiger partial charge in [0.05, 0.1) is 26.5 Å². The van der Waals surface area contributed by atoms with Crippen LogP contribution < -0.4 is 20.5 Å². The molecule has 3 N–H and O–H groups in total. The van der Waals surface area contributed by atoms with Gasteiger partial charge in [0.15, 0.2) is 17.5 Å². The predicted octanol–water partition coefficient (Wildman–Crippen LogP) is 2.05. The minimum atomic E-state index is 0.416. The first-order chi connectivity index (χ1) is 11.6. The number of nitrogens with two attached hydrogens (primary N) is 1. The van der Waals surface area contributed by atoms with Crippen molar-refractivity contribution < 1.29 is 9.47 Å². The molecule has 0 aliphatic carbocycles. The number of pyridine rings is 1. The molecule has 6 nitrogen and oxygen atoms in total. The van der Waals surface area contributed by atoms with Gasteiger partial charge in [-0.2, -0.15) is 0 Å². The van der Waals surface area contributed by atoms with Gasteiger partial charge < -0.3 is 20.5 Å². The molecular formula is C18H24N4O2. The Morgan fingerprint density at radius 2 is 1.96 bits per heavy atom. The number of rotatable bonds is 7. The maximum absolute atomic E-state index is 5.89. The average molecular weight is 328 g/mol. The van der Waals surface area contributed by atoms with E-state index in [0.717, 1.165) is 34.9 Å². The molecule has 2 aromatic rings. The maximum Gasteiger partial charge on any atom is 0.188 e. The highest BCUT2D eigenvalue weighted by Crippen LogP contribution is 2.27. The lowest BCUT2D eigenvalue weighted by Gasteiger charge is -2.10. The van der Waals surface area contributed by atoms with Gasteiger partial charge in [0, 0.05) is 12.2 Å². The fourth-order valence-electron chi connectivity index (χ4n) is 2.28. The quantitative estimate of drug-likeness (QED) is 0.600. The van der Waals surface area contributed by atoms with Crippen LogP contribution in [0.4, 0.5) is 0 Å². The zero-order chi connectivity index (χ0) is 17.4. The summed E-state index contributed by atoms with van der Waals surface area (Å²) in [5.74, 6) is 1.86. The molecule has 0 spiro atoms. The molecule has 0 radical (unpaired) electrons. The smallest absolute Gasteiger partial charge is 0.188 e. The number of nitrogens with one attached hydrogen (secondary N) is 1. The summed E-state index contributed by atoms with van der Waals surface area (Å²) in [7, 11) is 3.25. The molecule has 6 heteroatoms. The summed E-state index contributed by atoms with van der Waals surface area (Å²) >= 11 is 0. The number of nitrogens with zero attached hydrogens (tertiary/aromatic N) is 2. The largest absolute Gasteiger partial charge is 0.493 e. The molecule has 24 heavy (non-hydrogen) atoms. The summed E-state index contributed by atoms with van der Waals surface area (Å²) in [5, 5.41) is 3.11. The summed E-state index contributed by atoms with van der Waals surface area (Å²) < 4.78 is 10.5. The Morgan fingerprint density at radius 1 is 1.17 bits per heavy atom. The number of aliphatic imine (C=N–C) groups is 1. The van der Waals surface area contributed by atoms with E-state index in [1.165, 1.54) is 0 Å². The van der Waals surface area contributed by atoms with Crippen molar-refractivity contribution >= 4 is 5.96 Å². The summed E-state index contributed by atoms with van der Waals surface area (Å²) in [6.07, 6.45) is 0.805. The summed E-state index contributed by atoms with van der Waals surface area (Å²) in [4.78, 5) is 8.70. The number of aromatic nitrogens is 1. The van der Waals surface area contributed by atoms with E-state index in [9.17, 15) is 0 Å². The molecule has 1 heterocycles. The molecule has 1 aromatic carbocycles. The predicted molar refractivity (Wildman–Crippen MR) is 95.6 cm³/mol. The van der Waals surface area contributed by atoms with Gasteiger partial charge in [0.25, 0.3) is 0 Å². The summed E-state index contributed by atoms with van der Waals surface area (Å²) in [5.41, 5.74) is 8.90. The van der Waals surface area contributed by atoms with Crippen molar-refractivity contribution in [3.63, 3.8) is 0 Å². The third-order valence-corrected chi connectivity index (χ3v) is 3.53. The fourth-order valence-corrected chi connectivity index (χ4v) is 2.28. The molecule has 0 aliphatic heterocycles. The molecule has 2 rings (SSSR count). The zero-order valence-corrected chi connectivity index (χ0v) is 14.4. The third kappa shape index (κ3) is 5.15. The first-order valence-electron chi connectivity index (χ1n) is 7.79. The first-order valence-corrected chi connectivity index (χ1v) is 7.79. The van der Waals surface area contributed by atoms with Crippen molar-refractivity contribution in [3.8, 4) is 11.5 Å². The van der Waals surface area contributed by atoms with Gasteiger partial charge in [0.1, 0.15) is 0 Å². The molecule has 0 unspecified atom stereocenters.